The Labute approximate surface area is 187 Å². The molecule has 0 aliphatic heterocycles. The minimum Gasteiger partial charge on any atom is -0.478 e. The van der Waals surface area contributed by atoms with Crippen LogP contribution in [-0.4, -0.2) is 34.1 Å². The second kappa shape index (κ2) is 12.2. The van der Waals surface area contributed by atoms with Gasteiger partial charge in [-0.3, -0.25) is 0 Å². The molecular weight excluding hydrogens is 388 g/mol. The van der Waals surface area contributed by atoms with Crippen molar-refractivity contribution in [1.29, 1.82) is 0 Å². The van der Waals surface area contributed by atoms with Crippen LogP contribution < -0.4 is 4.74 Å². The summed E-state index contributed by atoms with van der Waals surface area (Å²) in [5.41, 5.74) is 0.354. The molecule has 2 aromatic rings. The fraction of sp³-hybridized carbons (Fsp3) is 0.556. The van der Waals surface area contributed by atoms with Crippen LogP contribution >= 0.6 is 0 Å². The van der Waals surface area contributed by atoms with Crippen LogP contribution in [0.4, 0.5) is 0 Å². The number of aliphatic hydroxyl groups is 3. The highest BCUT2D eigenvalue weighted by Crippen LogP contribution is 2.30. The summed E-state index contributed by atoms with van der Waals surface area (Å²) in [6.07, 6.45) is 7.01. The fourth-order valence-electron chi connectivity index (χ4n) is 4.04. The van der Waals surface area contributed by atoms with Crippen LogP contribution in [0.2, 0.25) is 0 Å². The van der Waals surface area contributed by atoms with Crippen molar-refractivity contribution in [2.75, 3.05) is 13.2 Å². The van der Waals surface area contributed by atoms with Gasteiger partial charge in [0.25, 0.3) is 0 Å². The standard InChI is InChI=1S/C27H40O4/c1-4-26(30,5-2)19-11-7-8-12-22(3)23-15-17-25(18-16-23)31-27(20-28,21-29)24-13-9-6-10-14-24/h6,9-10,13-18,22,28-30H,4-5,7-8,11-12,19-21H2,1-3H3. The van der Waals surface area contributed by atoms with E-state index >= 15 is 0 Å². The Morgan fingerprint density at radius 3 is 2.00 bits per heavy atom. The van der Waals surface area contributed by atoms with Gasteiger partial charge >= 0.3 is 0 Å². The molecule has 0 amide bonds. The van der Waals surface area contributed by atoms with Crippen molar-refractivity contribution in [1.82, 2.24) is 0 Å². The van der Waals surface area contributed by atoms with E-state index < -0.39 is 11.2 Å². The first-order chi connectivity index (χ1) is 14.9. The zero-order valence-electron chi connectivity index (χ0n) is 19.4. The normalized spacial score (nSPS) is 13.2. The molecule has 0 aliphatic carbocycles. The van der Waals surface area contributed by atoms with E-state index in [1.165, 1.54) is 5.56 Å². The average Bonchev–Trinajstić information content (AvgIpc) is 2.83. The minimum absolute atomic E-state index is 0.309. The molecule has 172 valence electrons. The monoisotopic (exact) mass is 428 g/mol. The lowest BCUT2D eigenvalue weighted by Crippen LogP contribution is -2.41. The quantitative estimate of drug-likeness (QED) is 0.345. The molecule has 3 N–H and O–H groups in total. The van der Waals surface area contributed by atoms with Crippen molar-refractivity contribution >= 4 is 0 Å². The molecule has 1 unspecified atom stereocenters. The lowest BCUT2D eigenvalue weighted by molar-refractivity contribution is -0.0385. The Morgan fingerprint density at radius 2 is 1.45 bits per heavy atom. The average molecular weight is 429 g/mol. The highest BCUT2D eigenvalue weighted by molar-refractivity contribution is 5.32. The van der Waals surface area contributed by atoms with E-state index in [0.717, 1.165) is 50.5 Å². The fourth-order valence-corrected chi connectivity index (χ4v) is 4.04. The first-order valence-electron chi connectivity index (χ1n) is 11.7. The Bertz CT molecular complexity index is 734. The van der Waals surface area contributed by atoms with Crippen LogP contribution in [0.5, 0.6) is 5.75 Å². The third kappa shape index (κ3) is 7.06. The molecule has 0 spiro atoms. The first-order valence-corrected chi connectivity index (χ1v) is 11.7. The molecule has 4 heteroatoms. The van der Waals surface area contributed by atoms with E-state index in [1.54, 1.807) is 0 Å². The largest absolute Gasteiger partial charge is 0.478 e. The van der Waals surface area contributed by atoms with Gasteiger partial charge in [-0.05, 0) is 49.3 Å². The summed E-state index contributed by atoms with van der Waals surface area (Å²) < 4.78 is 6.06. The van der Waals surface area contributed by atoms with E-state index in [0.29, 0.717) is 11.7 Å². The van der Waals surface area contributed by atoms with Gasteiger partial charge in [-0.1, -0.05) is 82.5 Å². The predicted molar refractivity (Wildman–Crippen MR) is 126 cm³/mol. The van der Waals surface area contributed by atoms with Crippen LogP contribution in [-0.2, 0) is 5.60 Å². The molecular formula is C27H40O4. The Morgan fingerprint density at radius 1 is 0.839 bits per heavy atom. The number of aliphatic hydroxyl groups excluding tert-OH is 2. The molecule has 31 heavy (non-hydrogen) atoms. The topological polar surface area (TPSA) is 69.9 Å². The van der Waals surface area contributed by atoms with Gasteiger partial charge < -0.3 is 20.1 Å². The van der Waals surface area contributed by atoms with Gasteiger partial charge in [0, 0.05) is 5.56 Å². The molecule has 0 aromatic heterocycles. The Balaban J connectivity index is 1.89. The number of hydrogen-bond acceptors (Lipinski definition) is 4. The Hall–Kier alpha value is -1.88. The number of rotatable bonds is 14. The minimum atomic E-state index is -1.16. The molecule has 0 aliphatic rings. The zero-order valence-corrected chi connectivity index (χ0v) is 19.4. The molecule has 2 rings (SSSR count). The number of hydrogen-bond donors (Lipinski definition) is 3. The molecule has 0 radical (unpaired) electrons. The summed E-state index contributed by atoms with van der Waals surface area (Å²) in [4.78, 5) is 0. The maximum Gasteiger partial charge on any atom is 0.180 e. The van der Waals surface area contributed by atoms with Crippen LogP contribution in [0, 0.1) is 0 Å². The lowest BCUT2D eigenvalue weighted by atomic mass is 9.89. The molecule has 0 heterocycles. The van der Waals surface area contributed by atoms with Crippen molar-refractivity contribution in [3.05, 3.63) is 65.7 Å². The van der Waals surface area contributed by atoms with Crippen LogP contribution in [0.3, 0.4) is 0 Å². The highest BCUT2D eigenvalue weighted by Gasteiger charge is 2.33. The zero-order chi connectivity index (χ0) is 22.7. The van der Waals surface area contributed by atoms with Crippen molar-refractivity contribution < 1.29 is 20.1 Å². The van der Waals surface area contributed by atoms with Crippen molar-refractivity contribution in [3.8, 4) is 5.75 Å². The van der Waals surface area contributed by atoms with E-state index in [1.807, 2.05) is 42.5 Å². The number of ether oxygens (including phenoxy) is 1. The summed E-state index contributed by atoms with van der Waals surface area (Å²) in [7, 11) is 0. The lowest BCUT2D eigenvalue weighted by Gasteiger charge is -2.31. The van der Waals surface area contributed by atoms with Gasteiger partial charge in [0.05, 0.1) is 18.8 Å². The highest BCUT2D eigenvalue weighted by atomic mass is 16.5. The van der Waals surface area contributed by atoms with E-state index in [-0.39, 0.29) is 13.2 Å². The summed E-state index contributed by atoms with van der Waals surface area (Å²) in [6, 6.07) is 17.3. The second-order valence-corrected chi connectivity index (χ2v) is 8.78. The molecule has 0 saturated carbocycles. The summed E-state index contributed by atoms with van der Waals surface area (Å²) >= 11 is 0. The maximum absolute atomic E-state index is 10.4. The number of unbranched alkanes of at least 4 members (excludes halogenated alkanes) is 2. The third-order valence-electron chi connectivity index (χ3n) is 6.67. The van der Waals surface area contributed by atoms with Crippen molar-refractivity contribution in [3.63, 3.8) is 0 Å². The van der Waals surface area contributed by atoms with E-state index in [2.05, 4.69) is 32.9 Å². The van der Waals surface area contributed by atoms with Gasteiger partial charge in [-0.2, -0.15) is 0 Å². The smallest absolute Gasteiger partial charge is 0.180 e. The summed E-state index contributed by atoms with van der Waals surface area (Å²) in [5, 5.41) is 30.3. The predicted octanol–water partition coefficient (Wildman–Crippen LogP) is 5.55. The molecule has 1 atom stereocenters. The number of benzene rings is 2. The molecule has 0 saturated heterocycles. The molecule has 0 bridgehead atoms. The van der Waals surface area contributed by atoms with Gasteiger partial charge in [0.2, 0.25) is 0 Å². The SMILES string of the molecule is CCC(O)(CC)CCCCCC(C)c1ccc(OC(CO)(CO)c2ccccc2)cc1. The van der Waals surface area contributed by atoms with E-state index in [4.69, 9.17) is 4.74 Å². The molecule has 2 aromatic carbocycles. The van der Waals surface area contributed by atoms with Gasteiger partial charge in [-0.25, -0.2) is 0 Å². The van der Waals surface area contributed by atoms with Crippen LogP contribution in [0.25, 0.3) is 0 Å². The van der Waals surface area contributed by atoms with Crippen molar-refractivity contribution in [2.24, 2.45) is 0 Å². The van der Waals surface area contributed by atoms with Crippen molar-refractivity contribution in [2.45, 2.75) is 82.8 Å². The second-order valence-electron chi connectivity index (χ2n) is 8.78. The first kappa shape index (κ1) is 25.4. The van der Waals surface area contributed by atoms with Gasteiger partial charge in [0.1, 0.15) is 5.75 Å². The van der Waals surface area contributed by atoms with E-state index in [9.17, 15) is 15.3 Å². The van der Waals surface area contributed by atoms with Crippen LogP contribution in [0.15, 0.2) is 54.6 Å². The molecule has 4 nitrogen and oxygen atoms in total. The van der Waals surface area contributed by atoms with Crippen LogP contribution in [0.1, 0.15) is 82.8 Å². The van der Waals surface area contributed by atoms with Gasteiger partial charge in [0.15, 0.2) is 5.60 Å². The van der Waals surface area contributed by atoms with Gasteiger partial charge in [-0.15, -0.1) is 0 Å². The summed E-state index contributed by atoms with van der Waals surface area (Å²) in [5.74, 6) is 1.07. The summed E-state index contributed by atoms with van der Waals surface area (Å²) in [6.45, 7) is 5.74. The third-order valence-corrected chi connectivity index (χ3v) is 6.67. The maximum atomic E-state index is 10.4. The Kier molecular flexibility index (Phi) is 10.0. The molecule has 0 fully saturated rings.